The fourth-order valence-electron chi connectivity index (χ4n) is 1.17. The number of aliphatic hydroxyl groups is 2. The number of hydrogen-bond donors (Lipinski definition) is 3. The zero-order valence-electron chi connectivity index (χ0n) is 9.04. The van der Waals surface area contributed by atoms with Crippen LogP contribution in [0.25, 0.3) is 0 Å². The Kier molecular flexibility index (Phi) is 3.81. The molecule has 1 aromatic heterocycles. The Bertz CT molecular complexity index is 394. The second kappa shape index (κ2) is 4.91. The van der Waals surface area contributed by atoms with Crippen LogP contribution in [0.1, 0.15) is 17.5 Å². The Morgan fingerprint density at radius 3 is 2.62 bits per heavy atom. The van der Waals surface area contributed by atoms with Gasteiger partial charge in [0, 0.05) is 0 Å². The van der Waals surface area contributed by atoms with Gasteiger partial charge in [0.25, 0.3) is 0 Å². The number of aliphatic hydroxyl groups excluding tert-OH is 2. The highest BCUT2D eigenvalue weighted by atomic mass is 16.5. The number of nitrogen functional groups attached to an aromatic ring is 1. The Balaban J connectivity index is 2.91. The topological polar surface area (TPSA) is 106 Å². The first-order valence-corrected chi connectivity index (χ1v) is 4.64. The van der Waals surface area contributed by atoms with Crippen molar-refractivity contribution in [3.63, 3.8) is 0 Å². The molecule has 88 valence electrons. The van der Waals surface area contributed by atoms with Gasteiger partial charge in [-0.1, -0.05) is 0 Å². The van der Waals surface area contributed by atoms with Crippen molar-refractivity contribution in [2.45, 2.75) is 19.1 Å². The van der Waals surface area contributed by atoms with E-state index < -0.39 is 18.2 Å². The van der Waals surface area contributed by atoms with Crippen molar-refractivity contribution in [3.8, 4) is 0 Å². The number of carbonyl (C=O) groups is 1. The molecule has 0 radical (unpaired) electrons. The molecule has 1 rings (SSSR count). The van der Waals surface area contributed by atoms with E-state index in [9.17, 15) is 15.0 Å². The number of methoxy groups -OCH3 is 1. The first-order chi connectivity index (χ1) is 7.47. The van der Waals surface area contributed by atoms with Gasteiger partial charge in [-0.05, 0) is 19.1 Å². The maximum atomic E-state index is 11.0. The third kappa shape index (κ3) is 2.47. The second-order valence-electron chi connectivity index (χ2n) is 3.32. The number of carbonyl (C=O) groups excluding carboxylic acids is 1. The van der Waals surface area contributed by atoms with Gasteiger partial charge in [-0.3, -0.25) is 4.98 Å². The number of aromatic nitrogens is 1. The van der Waals surface area contributed by atoms with Crippen LogP contribution in [0.2, 0.25) is 0 Å². The van der Waals surface area contributed by atoms with Crippen molar-refractivity contribution < 1.29 is 19.7 Å². The molecule has 0 aromatic carbocycles. The van der Waals surface area contributed by atoms with Crippen LogP contribution in [-0.2, 0) is 9.53 Å². The standard InChI is InChI=1S/C10H14N2O4/c1-5-6(11)3-4-7(12-5)8(13)9(14)10(15)16-2/h3-4,8-9,13-14H,11H2,1-2H3. The van der Waals surface area contributed by atoms with E-state index in [4.69, 9.17) is 5.73 Å². The number of hydrogen-bond acceptors (Lipinski definition) is 6. The minimum Gasteiger partial charge on any atom is -0.467 e. The molecule has 6 heteroatoms. The Morgan fingerprint density at radius 1 is 1.50 bits per heavy atom. The number of anilines is 1. The minimum absolute atomic E-state index is 0.171. The summed E-state index contributed by atoms with van der Waals surface area (Å²) in [5.74, 6) is -0.913. The summed E-state index contributed by atoms with van der Waals surface area (Å²) in [5.41, 5.74) is 6.72. The fourth-order valence-corrected chi connectivity index (χ4v) is 1.17. The Hall–Kier alpha value is -1.66. The van der Waals surface area contributed by atoms with E-state index in [-0.39, 0.29) is 5.69 Å². The van der Waals surface area contributed by atoms with Crippen molar-refractivity contribution >= 4 is 11.7 Å². The molecular weight excluding hydrogens is 212 g/mol. The molecule has 0 aliphatic carbocycles. The van der Waals surface area contributed by atoms with E-state index in [1.54, 1.807) is 13.0 Å². The van der Waals surface area contributed by atoms with E-state index in [1.807, 2.05) is 0 Å². The molecule has 1 aromatic rings. The van der Waals surface area contributed by atoms with E-state index in [2.05, 4.69) is 9.72 Å². The molecule has 0 saturated carbocycles. The summed E-state index contributed by atoms with van der Waals surface area (Å²) in [6, 6.07) is 2.99. The molecule has 0 bridgehead atoms. The van der Waals surface area contributed by atoms with Gasteiger partial charge in [0.2, 0.25) is 0 Å². The lowest BCUT2D eigenvalue weighted by Crippen LogP contribution is -2.29. The van der Waals surface area contributed by atoms with Crippen molar-refractivity contribution in [1.82, 2.24) is 4.98 Å². The van der Waals surface area contributed by atoms with Crippen molar-refractivity contribution in [1.29, 1.82) is 0 Å². The van der Waals surface area contributed by atoms with Crippen LogP contribution >= 0.6 is 0 Å². The summed E-state index contributed by atoms with van der Waals surface area (Å²) in [4.78, 5) is 15.0. The molecular formula is C10H14N2O4. The zero-order valence-corrected chi connectivity index (χ0v) is 9.04. The quantitative estimate of drug-likeness (QED) is 0.602. The third-order valence-electron chi connectivity index (χ3n) is 2.19. The lowest BCUT2D eigenvalue weighted by molar-refractivity contribution is -0.157. The van der Waals surface area contributed by atoms with E-state index in [0.29, 0.717) is 11.4 Å². The van der Waals surface area contributed by atoms with Crippen LogP contribution < -0.4 is 5.73 Å². The van der Waals surface area contributed by atoms with Gasteiger partial charge >= 0.3 is 5.97 Å². The number of aryl methyl sites for hydroxylation is 1. The smallest absolute Gasteiger partial charge is 0.337 e. The SMILES string of the molecule is COC(=O)C(O)C(O)c1ccc(N)c(C)n1. The molecule has 4 N–H and O–H groups in total. The van der Waals surface area contributed by atoms with Crippen molar-refractivity contribution in [3.05, 3.63) is 23.5 Å². The maximum absolute atomic E-state index is 11.0. The molecule has 6 nitrogen and oxygen atoms in total. The monoisotopic (exact) mass is 226 g/mol. The first kappa shape index (κ1) is 12.4. The molecule has 0 aliphatic rings. The lowest BCUT2D eigenvalue weighted by Gasteiger charge is -2.15. The summed E-state index contributed by atoms with van der Waals surface area (Å²) in [6.45, 7) is 1.66. The summed E-state index contributed by atoms with van der Waals surface area (Å²) >= 11 is 0. The highest BCUT2D eigenvalue weighted by molar-refractivity contribution is 5.75. The molecule has 0 amide bonds. The number of ether oxygens (including phenoxy) is 1. The summed E-state index contributed by atoms with van der Waals surface area (Å²) in [5, 5.41) is 19.1. The molecule has 2 unspecified atom stereocenters. The second-order valence-corrected chi connectivity index (χ2v) is 3.32. The Labute approximate surface area is 92.7 Å². The van der Waals surface area contributed by atoms with Gasteiger partial charge in [-0.25, -0.2) is 4.79 Å². The highest BCUT2D eigenvalue weighted by Crippen LogP contribution is 2.18. The lowest BCUT2D eigenvalue weighted by atomic mass is 10.1. The highest BCUT2D eigenvalue weighted by Gasteiger charge is 2.27. The van der Waals surface area contributed by atoms with Crippen LogP contribution in [-0.4, -0.2) is 34.4 Å². The minimum atomic E-state index is -1.65. The number of nitrogens with zero attached hydrogens (tertiary/aromatic N) is 1. The number of rotatable bonds is 3. The average molecular weight is 226 g/mol. The fraction of sp³-hybridized carbons (Fsp3) is 0.400. The first-order valence-electron chi connectivity index (χ1n) is 4.64. The van der Waals surface area contributed by atoms with E-state index in [0.717, 1.165) is 7.11 Å². The molecule has 2 atom stereocenters. The predicted octanol–water partition coefficient (Wildman–Crippen LogP) is -0.460. The largest absolute Gasteiger partial charge is 0.467 e. The van der Waals surface area contributed by atoms with Crippen LogP contribution in [0.4, 0.5) is 5.69 Å². The van der Waals surface area contributed by atoms with Gasteiger partial charge in [0.1, 0.15) is 6.10 Å². The molecule has 0 spiro atoms. The summed E-state index contributed by atoms with van der Waals surface area (Å²) < 4.78 is 4.31. The van der Waals surface area contributed by atoms with Gasteiger partial charge in [-0.15, -0.1) is 0 Å². The Morgan fingerprint density at radius 2 is 2.12 bits per heavy atom. The summed E-state index contributed by atoms with van der Waals surface area (Å²) in [6.07, 6.45) is -3.08. The van der Waals surface area contributed by atoms with Crippen LogP contribution in [0.5, 0.6) is 0 Å². The number of pyridine rings is 1. The van der Waals surface area contributed by atoms with Gasteiger partial charge < -0.3 is 20.7 Å². The van der Waals surface area contributed by atoms with Crippen LogP contribution in [0.3, 0.4) is 0 Å². The average Bonchev–Trinajstić information content (AvgIpc) is 2.29. The molecule has 16 heavy (non-hydrogen) atoms. The zero-order chi connectivity index (χ0) is 12.3. The van der Waals surface area contributed by atoms with Gasteiger partial charge in [0.05, 0.1) is 24.2 Å². The molecule has 0 aliphatic heterocycles. The number of esters is 1. The number of nitrogens with two attached hydrogens (primary N) is 1. The third-order valence-corrected chi connectivity index (χ3v) is 2.19. The van der Waals surface area contributed by atoms with E-state index in [1.165, 1.54) is 6.07 Å². The van der Waals surface area contributed by atoms with Gasteiger partial charge in [-0.2, -0.15) is 0 Å². The van der Waals surface area contributed by atoms with Crippen molar-refractivity contribution in [2.75, 3.05) is 12.8 Å². The van der Waals surface area contributed by atoms with Crippen LogP contribution in [0.15, 0.2) is 12.1 Å². The summed E-state index contributed by atoms with van der Waals surface area (Å²) in [7, 11) is 1.12. The predicted molar refractivity (Wildman–Crippen MR) is 56.4 cm³/mol. The molecule has 1 heterocycles. The molecule has 0 fully saturated rings. The van der Waals surface area contributed by atoms with E-state index >= 15 is 0 Å². The molecule has 0 saturated heterocycles. The van der Waals surface area contributed by atoms with Crippen molar-refractivity contribution in [2.24, 2.45) is 0 Å². The van der Waals surface area contributed by atoms with Crippen LogP contribution in [0, 0.1) is 6.92 Å². The normalized spacial score (nSPS) is 14.2. The van der Waals surface area contributed by atoms with Gasteiger partial charge in [0.15, 0.2) is 6.10 Å². The maximum Gasteiger partial charge on any atom is 0.337 e.